The Labute approximate surface area is 117 Å². The molecule has 0 radical (unpaired) electrons. The van der Waals surface area contributed by atoms with Crippen molar-refractivity contribution in [2.45, 2.75) is 63.8 Å². The average Bonchev–Trinajstić information content (AvgIpc) is 3.12. The van der Waals surface area contributed by atoms with Gasteiger partial charge in [0.2, 0.25) is 0 Å². The van der Waals surface area contributed by atoms with Gasteiger partial charge < -0.3 is 5.32 Å². The van der Waals surface area contributed by atoms with Crippen molar-refractivity contribution in [3.8, 4) is 0 Å². The minimum Gasteiger partial charge on any atom is -0.311 e. The molecule has 3 rings (SSSR count). The van der Waals surface area contributed by atoms with Crippen LogP contribution >= 0.6 is 0 Å². The first-order valence-electron chi connectivity index (χ1n) is 8.01. The summed E-state index contributed by atoms with van der Waals surface area (Å²) < 4.78 is 0. The fourth-order valence-corrected chi connectivity index (χ4v) is 3.90. The molecule has 2 fully saturated rings. The molecule has 0 amide bonds. The minimum absolute atomic E-state index is 0.374. The van der Waals surface area contributed by atoms with Crippen LogP contribution in [0.4, 0.5) is 0 Å². The molecule has 1 nitrogen and oxygen atoms in total. The van der Waals surface area contributed by atoms with Gasteiger partial charge in [-0.3, -0.25) is 0 Å². The fraction of sp³-hybridized carbons (Fsp3) is 0.667. The van der Waals surface area contributed by atoms with E-state index in [1.54, 1.807) is 11.1 Å². The molecule has 1 heteroatoms. The summed E-state index contributed by atoms with van der Waals surface area (Å²) in [7, 11) is 0. The summed E-state index contributed by atoms with van der Waals surface area (Å²) in [5.41, 5.74) is 3.62. The molecule has 1 saturated carbocycles. The van der Waals surface area contributed by atoms with Crippen LogP contribution in [-0.4, -0.2) is 12.1 Å². The zero-order chi connectivity index (χ0) is 13.3. The summed E-state index contributed by atoms with van der Waals surface area (Å²) in [6, 6.07) is 9.17. The second-order valence-electron chi connectivity index (χ2n) is 7.06. The van der Waals surface area contributed by atoms with Crippen LogP contribution in [0, 0.1) is 5.92 Å². The van der Waals surface area contributed by atoms with Crippen molar-refractivity contribution in [3.63, 3.8) is 0 Å². The van der Waals surface area contributed by atoms with Crippen molar-refractivity contribution in [3.05, 3.63) is 35.4 Å². The van der Waals surface area contributed by atoms with Gasteiger partial charge in [0.1, 0.15) is 0 Å². The van der Waals surface area contributed by atoms with E-state index in [1.165, 1.54) is 45.1 Å². The van der Waals surface area contributed by atoms with E-state index >= 15 is 0 Å². The van der Waals surface area contributed by atoms with Crippen molar-refractivity contribution >= 4 is 0 Å². The number of rotatable bonds is 5. The second-order valence-corrected chi connectivity index (χ2v) is 7.06. The van der Waals surface area contributed by atoms with Gasteiger partial charge in [-0.05, 0) is 68.0 Å². The van der Waals surface area contributed by atoms with Gasteiger partial charge in [-0.1, -0.05) is 38.1 Å². The number of nitrogens with one attached hydrogen (secondary N) is 1. The van der Waals surface area contributed by atoms with Gasteiger partial charge in [0.05, 0.1) is 0 Å². The maximum Gasteiger partial charge on any atom is 0.0224 e. The fourth-order valence-electron chi connectivity index (χ4n) is 3.90. The molecule has 1 aromatic carbocycles. The summed E-state index contributed by atoms with van der Waals surface area (Å²) in [5, 5.41) is 3.84. The lowest BCUT2D eigenvalue weighted by Gasteiger charge is -2.32. The topological polar surface area (TPSA) is 12.0 Å². The molecule has 1 aliphatic carbocycles. The zero-order valence-electron chi connectivity index (χ0n) is 12.4. The first-order chi connectivity index (χ1) is 9.19. The van der Waals surface area contributed by atoms with E-state index in [1.807, 2.05) is 0 Å². The monoisotopic (exact) mass is 257 g/mol. The van der Waals surface area contributed by atoms with Crippen LogP contribution in [0.2, 0.25) is 0 Å². The number of benzene rings is 1. The SMILES string of the molecule is CC(C)CC1(Cc2ccccc2C2CC2)CCCN1. The Morgan fingerprint density at radius 1 is 1.26 bits per heavy atom. The Kier molecular flexibility index (Phi) is 3.66. The highest BCUT2D eigenvalue weighted by Gasteiger charge is 2.35. The largest absolute Gasteiger partial charge is 0.311 e. The predicted molar refractivity (Wildman–Crippen MR) is 81.5 cm³/mol. The maximum atomic E-state index is 3.84. The summed E-state index contributed by atoms with van der Waals surface area (Å²) in [6.45, 7) is 5.92. The standard InChI is InChI=1S/C18H27N/c1-14(2)12-18(10-5-11-19-18)13-16-6-3-4-7-17(16)15-8-9-15/h3-4,6-7,14-15,19H,5,8-13H2,1-2H3. The third-order valence-electron chi connectivity index (χ3n) is 4.73. The van der Waals surface area contributed by atoms with E-state index in [-0.39, 0.29) is 0 Å². The molecule has 104 valence electrons. The third kappa shape index (κ3) is 3.02. The molecule has 1 heterocycles. The van der Waals surface area contributed by atoms with E-state index in [0.29, 0.717) is 5.54 Å². The van der Waals surface area contributed by atoms with Crippen molar-refractivity contribution in [2.75, 3.05) is 6.54 Å². The Hall–Kier alpha value is -0.820. The first kappa shape index (κ1) is 13.2. The van der Waals surface area contributed by atoms with E-state index in [4.69, 9.17) is 0 Å². The van der Waals surface area contributed by atoms with Crippen molar-refractivity contribution < 1.29 is 0 Å². The molecule has 1 saturated heterocycles. The maximum absolute atomic E-state index is 3.84. The molecule has 1 unspecified atom stereocenters. The molecule has 0 bridgehead atoms. The van der Waals surface area contributed by atoms with Gasteiger partial charge in [-0.15, -0.1) is 0 Å². The summed E-state index contributed by atoms with van der Waals surface area (Å²) in [6.07, 6.45) is 8.05. The second kappa shape index (κ2) is 5.28. The number of hydrogen-bond donors (Lipinski definition) is 1. The Morgan fingerprint density at radius 2 is 2.05 bits per heavy atom. The van der Waals surface area contributed by atoms with Gasteiger partial charge in [0.25, 0.3) is 0 Å². The normalized spacial score (nSPS) is 27.1. The van der Waals surface area contributed by atoms with Crippen molar-refractivity contribution in [2.24, 2.45) is 5.92 Å². The molecule has 1 aliphatic heterocycles. The minimum atomic E-state index is 0.374. The Balaban J connectivity index is 1.81. The van der Waals surface area contributed by atoms with Crippen LogP contribution in [0.1, 0.15) is 63.0 Å². The predicted octanol–water partition coefficient (Wildman–Crippen LogP) is 4.27. The van der Waals surface area contributed by atoms with E-state index in [9.17, 15) is 0 Å². The van der Waals surface area contributed by atoms with Crippen LogP contribution in [0.25, 0.3) is 0 Å². The average molecular weight is 257 g/mol. The lowest BCUT2D eigenvalue weighted by molar-refractivity contribution is 0.301. The highest BCUT2D eigenvalue weighted by atomic mass is 15.0. The smallest absolute Gasteiger partial charge is 0.0224 e. The molecule has 2 aliphatic rings. The first-order valence-corrected chi connectivity index (χ1v) is 8.01. The van der Waals surface area contributed by atoms with Gasteiger partial charge in [-0.25, -0.2) is 0 Å². The Morgan fingerprint density at radius 3 is 2.68 bits per heavy atom. The molecule has 19 heavy (non-hydrogen) atoms. The van der Waals surface area contributed by atoms with Crippen LogP contribution in [0.15, 0.2) is 24.3 Å². The number of hydrogen-bond acceptors (Lipinski definition) is 1. The van der Waals surface area contributed by atoms with Crippen molar-refractivity contribution in [1.82, 2.24) is 5.32 Å². The third-order valence-corrected chi connectivity index (χ3v) is 4.73. The summed E-state index contributed by atoms with van der Waals surface area (Å²) >= 11 is 0. The quantitative estimate of drug-likeness (QED) is 0.830. The molecule has 1 N–H and O–H groups in total. The molecule has 0 aromatic heterocycles. The molecule has 1 aromatic rings. The molecule has 1 atom stereocenters. The van der Waals surface area contributed by atoms with E-state index in [0.717, 1.165) is 11.8 Å². The lowest BCUT2D eigenvalue weighted by atomic mass is 9.80. The highest BCUT2D eigenvalue weighted by Crippen LogP contribution is 2.43. The van der Waals surface area contributed by atoms with Gasteiger partial charge in [0.15, 0.2) is 0 Å². The van der Waals surface area contributed by atoms with Crippen LogP contribution in [0.3, 0.4) is 0 Å². The highest BCUT2D eigenvalue weighted by molar-refractivity contribution is 5.34. The molecular formula is C18H27N. The molecular weight excluding hydrogens is 230 g/mol. The summed E-state index contributed by atoms with van der Waals surface area (Å²) in [5.74, 6) is 1.65. The van der Waals surface area contributed by atoms with E-state index in [2.05, 4.69) is 43.4 Å². The van der Waals surface area contributed by atoms with Crippen LogP contribution in [0.5, 0.6) is 0 Å². The summed E-state index contributed by atoms with van der Waals surface area (Å²) in [4.78, 5) is 0. The van der Waals surface area contributed by atoms with Crippen LogP contribution in [-0.2, 0) is 6.42 Å². The Bertz CT molecular complexity index is 425. The van der Waals surface area contributed by atoms with Crippen molar-refractivity contribution in [1.29, 1.82) is 0 Å². The van der Waals surface area contributed by atoms with E-state index < -0.39 is 0 Å². The lowest BCUT2D eigenvalue weighted by Crippen LogP contribution is -2.43. The zero-order valence-corrected chi connectivity index (χ0v) is 12.4. The molecule has 0 spiro atoms. The van der Waals surface area contributed by atoms with Crippen LogP contribution < -0.4 is 5.32 Å². The van der Waals surface area contributed by atoms with Gasteiger partial charge in [-0.2, -0.15) is 0 Å². The van der Waals surface area contributed by atoms with Gasteiger partial charge in [0, 0.05) is 5.54 Å². The van der Waals surface area contributed by atoms with Gasteiger partial charge >= 0.3 is 0 Å².